The van der Waals surface area contributed by atoms with E-state index < -0.39 is 0 Å². The lowest BCUT2D eigenvalue weighted by molar-refractivity contribution is -0.0250. The molecule has 0 amide bonds. The molecule has 0 heteroatoms. The van der Waals surface area contributed by atoms with Gasteiger partial charge in [-0.15, -0.1) is 0 Å². The zero-order valence-electron chi connectivity index (χ0n) is 13.3. The van der Waals surface area contributed by atoms with E-state index >= 15 is 0 Å². The van der Waals surface area contributed by atoms with Crippen LogP contribution in [0.1, 0.15) is 61.8 Å². The van der Waals surface area contributed by atoms with E-state index in [0.29, 0.717) is 0 Å². The van der Waals surface area contributed by atoms with Gasteiger partial charge >= 0.3 is 0 Å². The van der Waals surface area contributed by atoms with Crippen LogP contribution in [0.3, 0.4) is 0 Å². The SMILES string of the molecule is CC(C)C1C(C)CC(C)C(C(C)C)C1C(C)C. The van der Waals surface area contributed by atoms with E-state index in [9.17, 15) is 0 Å². The van der Waals surface area contributed by atoms with Crippen LogP contribution in [0, 0.1) is 47.3 Å². The maximum atomic E-state index is 2.49. The Hall–Kier alpha value is 0. The second kappa shape index (κ2) is 5.76. The van der Waals surface area contributed by atoms with Crippen LogP contribution in [0.2, 0.25) is 0 Å². The summed E-state index contributed by atoms with van der Waals surface area (Å²) in [6.07, 6.45) is 1.44. The lowest BCUT2D eigenvalue weighted by Gasteiger charge is -2.51. The molecule has 1 saturated carbocycles. The van der Waals surface area contributed by atoms with Crippen LogP contribution in [0.5, 0.6) is 0 Å². The first kappa shape index (κ1) is 15.1. The summed E-state index contributed by atoms with van der Waals surface area (Å²) in [6, 6.07) is 0. The predicted octanol–water partition coefficient (Wildman–Crippen LogP) is 5.48. The van der Waals surface area contributed by atoms with Gasteiger partial charge in [-0.3, -0.25) is 0 Å². The summed E-state index contributed by atoms with van der Waals surface area (Å²) in [4.78, 5) is 0. The van der Waals surface area contributed by atoms with Crippen molar-refractivity contribution in [3.8, 4) is 0 Å². The van der Waals surface area contributed by atoms with Crippen molar-refractivity contribution in [2.24, 2.45) is 47.3 Å². The Balaban J connectivity index is 3.04. The first-order chi connectivity index (χ1) is 7.77. The van der Waals surface area contributed by atoms with E-state index in [1.165, 1.54) is 6.42 Å². The molecule has 0 spiro atoms. The molecule has 1 aliphatic rings. The summed E-state index contributed by atoms with van der Waals surface area (Å²) in [5.74, 6) is 7.11. The van der Waals surface area contributed by atoms with Gasteiger partial charge in [0.1, 0.15) is 0 Å². The van der Waals surface area contributed by atoms with E-state index in [1.54, 1.807) is 0 Å². The average molecular weight is 238 g/mol. The lowest BCUT2D eigenvalue weighted by atomic mass is 9.54. The van der Waals surface area contributed by atoms with Gasteiger partial charge in [0.05, 0.1) is 0 Å². The Bertz CT molecular complexity index is 206. The first-order valence-corrected chi connectivity index (χ1v) is 7.77. The van der Waals surface area contributed by atoms with Crippen LogP contribution in [0.15, 0.2) is 0 Å². The fraction of sp³-hybridized carbons (Fsp3) is 1.00. The highest BCUT2D eigenvalue weighted by Gasteiger charge is 2.44. The molecule has 0 saturated heterocycles. The highest BCUT2D eigenvalue weighted by atomic mass is 14.5. The molecular formula is C17H34. The van der Waals surface area contributed by atoms with Gasteiger partial charge in [-0.2, -0.15) is 0 Å². The normalized spacial score (nSPS) is 39.4. The van der Waals surface area contributed by atoms with Crippen LogP contribution in [-0.2, 0) is 0 Å². The smallest absolute Gasteiger partial charge is 0.0324 e. The Labute approximate surface area is 110 Å². The number of hydrogen-bond donors (Lipinski definition) is 0. The molecule has 0 radical (unpaired) electrons. The monoisotopic (exact) mass is 238 g/mol. The molecule has 0 aromatic carbocycles. The van der Waals surface area contributed by atoms with Crippen molar-refractivity contribution < 1.29 is 0 Å². The van der Waals surface area contributed by atoms with E-state index in [-0.39, 0.29) is 0 Å². The molecule has 17 heavy (non-hydrogen) atoms. The summed E-state index contributed by atoms with van der Waals surface area (Å²) in [5, 5.41) is 0. The lowest BCUT2D eigenvalue weighted by Crippen LogP contribution is -2.45. The zero-order chi connectivity index (χ0) is 13.3. The van der Waals surface area contributed by atoms with Crippen molar-refractivity contribution in [3.05, 3.63) is 0 Å². The van der Waals surface area contributed by atoms with Crippen LogP contribution < -0.4 is 0 Å². The average Bonchev–Trinajstić information content (AvgIpc) is 2.14. The Morgan fingerprint density at radius 3 is 1.12 bits per heavy atom. The fourth-order valence-corrected chi connectivity index (χ4v) is 5.01. The minimum atomic E-state index is 0.833. The molecule has 0 heterocycles. The van der Waals surface area contributed by atoms with Crippen molar-refractivity contribution >= 4 is 0 Å². The zero-order valence-corrected chi connectivity index (χ0v) is 13.3. The Morgan fingerprint density at radius 2 is 0.882 bits per heavy atom. The number of hydrogen-bond acceptors (Lipinski definition) is 0. The molecule has 0 N–H and O–H groups in total. The minimum Gasteiger partial charge on any atom is -0.0625 e. The standard InChI is InChI=1S/C17H34/c1-10(2)15-13(7)9-14(8)16(11(3)4)17(15)12(5)6/h10-17H,9H2,1-8H3. The second-order valence-corrected chi connectivity index (χ2v) is 7.65. The van der Waals surface area contributed by atoms with E-state index in [1.807, 2.05) is 0 Å². The van der Waals surface area contributed by atoms with Gasteiger partial charge < -0.3 is 0 Å². The second-order valence-electron chi connectivity index (χ2n) is 7.65. The topological polar surface area (TPSA) is 0 Å². The maximum Gasteiger partial charge on any atom is -0.0324 e. The molecule has 1 rings (SSSR count). The van der Waals surface area contributed by atoms with Crippen molar-refractivity contribution in [3.63, 3.8) is 0 Å². The Kier molecular flexibility index (Phi) is 5.10. The molecule has 0 aromatic rings. The summed E-state index contributed by atoms with van der Waals surface area (Å²) in [5.41, 5.74) is 0. The molecule has 4 atom stereocenters. The number of rotatable bonds is 3. The summed E-state index contributed by atoms with van der Waals surface area (Å²) in [7, 11) is 0. The van der Waals surface area contributed by atoms with Gasteiger partial charge in [-0.05, 0) is 53.8 Å². The molecule has 0 aromatic heterocycles. The van der Waals surface area contributed by atoms with Crippen molar-refractivity contribution in [1.82, 2.24) is 0 Å². The van der Waals surface area contributed by atoms with E-state index in [2.05, 4.69) is 55.4 Å². The molecule has 1 aliphatic carbocycles. The molecule has 0 nitrogen and oxygen atoms in total. The van der Waals surface area contributed by atoms with Crippen LogP contribution >= 0.6 is 0 Å². The molecular weight excluding hydrogens is 204 g/mol. The highest BCUT2D eigenvalue weighted by Crippen LogP contribution is 2.50. The third-order valence-electron chi connectivity index (χ3n) is 5.26. The molecule has 102 valence electrons. The van der Waals surface area contributed by atoms with Gasteiger partial charge in [-0.1, -0.05) is 55.4 Å². The molecule has 0 aliphatic heterocycles. The summed E-state index contributed by atoms with van der Waals surface area (Å²) in [6.45, 7) is 19.6. The minimum absolute atomic E-state index is 0.833. The van der Waals surface area contributed by atoms with Crippen molar-refractivity contribution in [2.75, 3.05) is 0 Å². The van der Waals surface area contributed by atoms with Gasteiger partial charge in [0, 0.05) is 0 Å². The van der Waals surface area contributed by atoms with Crippen molar-refractivity contribution in [1.29, 1.82) is 0 Å². The summed E-state index contributed by atoms with van der Waals surface area (Å²) < 4.78 is 0. The first-order valence-electron chi connectivity index (χ1n) is 7.77. The van der Waals surface area contributed by atoms with E-state index in [4.69, 9.17) is 0 Å². The van der Waals surface area contributed by atoms with Gasteiger partial charge in [0.15, 0.2) is 0 Å². The third-order valence-corrected chi connectivity index (χ3v) is 5.26. The van der Waals surface area contributed by atoms with Gasteiger partial charge in [0.2, 0.25) is 0 Å². The predicted molar refractivity (Wildman–Crippen MR) is 77.9 cm³/mol. The van der Waals surface area contributed by atoms with Crippen LogP contribution in [0.25, 0.3) is 0 Å². The Morgan fingerprint density at radius 1 is 0.588 bits per heavy atom. The molecule has 4 unspecified atom stereocenters. The van der Waals surface area contributed by atoms with Crippen molar-refractivity contribution in [2.45, 2.75) is 61.8 Å². The van der Waals surface area contributed by atoms with E-state index in [0.717, 1.165) is 47.3 Å². The van der Waals surface area contributed by atoms with Gasteiger partial charge in [-0.25, -0.2) is 0 Å². The molecule has 1 fully saturated rings. The quantitative estimate of drug-likeness (QED) is 0.611. The summed E-state index contributed by atoms with van der Waals surface area (Å²) >= 11 is 0. The van der Waals surface area contributed by atoms with Crippen LogP contribution in [0.4, 0.5) is 0 Å². The maximum absolute atomic E-state index is 2.49. The largest absolute Gasteiger partial charge is 0.0625 e. The highest BCUT2D eigenvalue weighted by molar-refractivity contribution is 4.92. The third kappa shape index (κ3) is 3.06. The fourth-order valence-electron chi connectivity index (χ4n) is 5.01. The van der Waals surface area contributed by atoms with Crippen LogP contribution in [-0.4, -0.2) is 0 Å². The van der Waals surface area contributed by atoms with Gasteiger partial charge in [0.25, 0.3) is 0 Å². The molecule has 0 bridgehead atoms.